The number of carbonyl (C=O) groups is 1. The predicted octanol–water partition coefficient (Wildman–Crippen LogP) is 1.68. The zero-order valence-corrected chi connectivity index (χ0v) is 11.7. The van der Waals surface area contributed by atoms with Crippen LogP contribution >= 0.6 is 0 Å². The number of methoxy groups -OCH3 is 1. The van der Waals surface area contributed by atoms with Gasteiger partial charge < -0.3 is 14.4 Å². The summed E-state index contributed by atoms with van der Waals surface area (Å²) >= 11 is 0. The first-order valence-electron chi connectivity index (χ1n) is 6.28. The Balaban J connectivity index is 2.42. The van der Waals surface area contributed by atoms with Gasteiger partial charge in [0.15, 0.2) is 0 Å². The summed E-state index contributed by atoms with van der Waals surface area (Å²) in [5, 5.41) is 0. The van der Waals surface area contributed by atoms with Crippen LogP contribution in [0.2, 0.25) is 0 Å². The van der Waals surface area contributed by atoms with E-state index in [9.17, 15) is 4.79 Å². The first-order valence-corrected chi connectivity index (χ1v) is 6.28. The zero-order chi connectivity index (χ0) is 13.1. The highest BCUT2D eigenvalue weighted by molar-refractivity contribution is 5.77. The second-order valence-electron chi connectivity index (χ2n) is 5.78. The van der Waals surface area contributed by atoms with Gasteiger partial charge in [-0.05, 0) is 33.1 Å². The number of rotatable bonds is 3. The maximum absolute atomic E-state index is 12.0. The molecule has 100 valence electrons. The third-order valence-electron chi connectivity index (χ3n) is 3.17. The minimum absolute atomic E-state index is 0.0638. The second-order valence-corrected chi connectivity index (χ2v) is 5.78. The van der Waals surface area contributed by atoms with Gasteiger partial charge in [0.25, 0.3) is 0 Å². The van der Waals surface area contributed by atoms with Gasteiger partial charge in [0.05, 0.1) is 11.7 Å². The average Bonchev–Trinajstić information content (AvgIpc) is 2.25. The molecule has 0 N–H and O–H groups in total. The first kappa shape index (κ1) is 14.5. The highest BCUT2D eigenvalue weighted by atomic mass is 16.5. The van der Waals surface area contributed by atoms with Crippen molar-refractivity contribution < 1.29 is 14.3 Å². The van der Waals surface area contributed by atoms with Gasteiger partial charge in [0, 0.05) is 20.2 Å². The van der Waals surface area contributed by atoms with Gasteiger partial charge in [-0.15, -0.1) is 0 Å². The molecule has 1 aliphatic rings. The van der Waals surface area contributed by atoms with Gasteiger partial charge in [-0.25, -0.2) is 0 Å². The standard InChI is InChI=1S/C13H25NO3/c1-10-6-7-14(8-11(10)16-5)12(15)9-17-13(2,3)4/h10-11H,6-9H2,1-5H3. The molecule has 1 aliphatic heterocycles. The summed E-state index contributed by atoms with van der Waals surface area (Å²) < 4.78 is 10.9. The molecule has 0 bridgehead atoms. The van der Waals surface area contributed by atoms with Gasteiger partial charge in [-0.1, -0.05) is 6.92 Å². The Hall–Kier alpha value is -0.610. The van der Waals surface area contributed by atoms with Crippen molar-refractivity contribution in [3.05, 3.63) is 0 Å². The maximum Gasteiger partial charge on any atom is 0.248 e. The minimum Gasteiger partial charge on any atom is -0.379 e. The highest BCUT2D eigenvalue weighted by Gasteiger charge is 2.29. The quantitative estimate of drug-likeness (QED) is 0.757. The summed E-state index contributed by atoms with van der Waals surface area (Å²) in [7, 11) is 1.71. The molecule has 4 heteroatoms. The largest absolute Gasteiger partial charge is 0.379 e. The molecule has 1 heterocycles. The summed E-state index contributed by atoms with van der Waals surface area (Å²) in [4.78, 5) is 13.8. The van der Waals surface area contributed by atoms with Crippen LogP contribution in [-0.4, -0.2) is 49.3 Å². The smallest absolute Gasteiger partial charge is 0.248 e. The molecule has 0 aromatic rings. The lowest BCUT2D eigenvalue weighted by Crippen LogP contribution is -2.48. The Morgan fingerprint density at radius 3 is 2.59 bits per heavy atom. The van der Waals surface area contributed by atoms with E-state index in [1.807, 2.05) is 25.7 Å². The fourth-order valence-electron chi connectivity index (χ4n) is 1.94. The Morgan fingerprint density at radius 2 is 2.06 bits per heavy atom. The summed E-state index contributed by atoms with van der Waals surface area (Å²) in [5.74, 6) is 0.585. The Morgan fingerprint density at radius 1 is 1.41 bits per heavy atom. The van der Waals surface area contributed by atoms with Crippen LogP contribution in [0.1, 0.15) is 34.1 Å². The molecule has 1 amide bonds. The molecule has 2 atom stereocenters. The molecule has 0 saturated carbocycles. The van der Waals surface area contributed by atoms with E-state index in [0.717, 1.165) is 13.0 Å². The van der Waals surface area contributed by atoms with Crippen molar-refractivity contribution in [2.75, 3.05) is 26.8 Å². The third-order valence-corrected chi connectivity index (χ3v) is 3.17. The summed E-state index contributed by atoms with van der Waals surface area (Å²) in [6.45, 7) is 9.69. The molecule has 0 aliphatic carbocycles. The van der Waals surface area contributed by atoms with E-state index in [-0.39, 0.29) is 24.2 Å². The van der Waals surface area contributed by atoms with Crippen LogP contribution in [0.3, 0.4) is 0 Å². The van der Waals surface area contributed by atoms with Gasteiger partial charge in [-0.3, -0.25) is 4.79 Å². The molecule has 1 fully saturated rings. The second kappa shape index (κ2) is 5.83. The predicted molar refractivity (Wildman–Crippen MR) is 66.9 cm³/mol. The molecular formula is C13H25NO3. The lowest BCUT2D eigenvalue weighted by Gasteiger charge is -2.36. The summed E-state index contributed by atoms with van der Waals surface area (Å²) in [5.41, 5.74) is -0.264. The molecule has 4 nitrogen and oxygen atoms in total. The third kappa shape index (κ3) is 4.64. The fourth-order valence-corrected chi connectivity index (χ4v) is 1.94. The lowest BCUT2D eigenvalue weighted by molar-refractivity contribution is -0.145. The number of hydrogen-bond donors (Lipinski definition) is 0. The SMILES string of the molecule is COC1CN(C(=O)COC(C)(C)C)CCC1C. The molecule has 1 rings (SSSR count). The average molecular weight is 243 g/mol. The molecular weight excluding hydrogens is 218 g/mol. The molecule has 0 aromatic heterocycles. The van der Waals surface area contributed by atoms with Crippen molar-refractivity contribution in [2.24, 2.45) is 5.92 Å². The summed E-state index contributed by atoms with van der Waals surface area (Å²) in [6.07, 6.45) is 1.15. The topological polar surface area (TPSA) is 38.8 Å². The van der Waals surface area contributed by atoms with Crippen molar-refractivity contribution in [3.63, 3.8) is 0 Å². The van der Waals surface area contributed by atoms with Gasteiger partial charge in [0.1, 0.15) is 6.61 Å². The maximum atomic E-state index is 12.0. The highest BCUT2D eigenvalue weighted by Crippen LogP contribution is 2.19. The van der Waals surface area contributed by atoms with E-state index in [4.69, 9.17) is 9.47 Å². The van der Waals surface area contributed by atoms with Crippen molar-refractivity contribution in [3.8, 4) is 0 Å². The van der Waals surface area contributed by atoms with Crippen molar-refractivity contribution >= 4 is 5.91 Å². The van der Waals surface area contributed by atoms with Crippen LogP contribution in [0, 0.1) is 5.92 Å². The normalized spacial score (nSPS) is 26.1. The molecule has 2 unspecified atom stereocenters. The number of likely N-dealkylation sites (tertiary alicyclic amines) is 1. The van der Waals surface area contributed by atoms with E-state index in [1.54, 1.807) is 7.11 Å². The molecule has 17 heavy (non-hydrogen) atoms. The van der Waals surface area contributed by atoms with Crippen LogP contribution in [-0.2, 0) is 14.3 Å². The number of hydrogen-bond acceptors (Lipinski definition) is 3. The number of carbonyl (C=O) groups excluding carboxylic acids is 1. The molecule has 0 spiro atoms. The van der Waals surface area contributed by atoms with Crippen LogP contribution in [0.25, 0.3) is 0 Å². The van der Waals surface area contributed by atoms with E-state index < -0.39 is 0 Å². The van der Waals surface area contributed by atoms with Gasteiger partial charge >= 0.3 is 0 Å². The number of nitrogens with zero attached hydrogens (tertiary/aromatic N) is 1. The Kier molecular flexibility index (Phi) is 4.95. The Labute approximate surface area is 104 Å². The summed E-state index contributed by atoms with van der Waals surface area (Å²) in [6, 6.07) is 0. The van der Waals surface area contributed by atoms with E-state index in [2.05, 4.69) is 6.92 Å². The van der Waals surface area contributed by atoms with Crippen molar-refractivity contribution in [2.45, 2.75) is 45.8 Å². The van der Waals surface area contributed by atoms with Crippen LogP contribution < -0.4 is 0 Å². The van der Waals surface area contributed by atoms with E-state index in [0.29, 0.717) is 12.5 Å². The van der Waals surface area contributed by atoms with Crippen LogP contribution in [0.5, 0.6) is 0 Å². The van der Waals surface area contributed by atoms with Crippen molar-refractivity contribution in [1.29, 1.82) is 0 Å². The zero-order valence-electron chi connectivity index (χ0n) is 11.7. The van der Waals surface area contributed by atoms with Crippen LogP contribution in [0.15, 0.2) is 0 Å². The first-order chi connectivity index (χ1) is 7.83. The molecule has 0 aromatic carbocycles. The van der Waals surface area contributed by atoms with Gasteiger partial charge in [-0.2, -0.15) is 0 Å². The van der Waals surface area contributed by atoms with E-state index in [1.165, 1.54) is 0 Å². The van der Waals surface area contributed by atoms with Crippen molar-refractivity contribution in [1.82, 2.24) is 4.90 Å². The Bertz CT molecular complexity index is 260. The van der Waals surface area contributed by atoms with E-state index >= 15 is 0 Å². The van der Waals surface area contributed by atoms with Gasteiger partial charge in [0.2, 0.25) is 5.91 Å². The number of amides is 1. The fraction of sp³-hybridized carbons (Fsp3) is 0.923. The number of piperidine rings is 1. The molecule has 0 radical (unpaired) electrons. The monoisotopic (exact) mass is 243 g/mol. The number of ether oxygens (including phenoxy) is 2. The lowest BCUT2D eigenvalue weighted by atomic mass is 9.96. The molecule has 1 saturated heterocycles. The minimum atomic E-state index is -0.264. The van der Waals surface area contributed by atoms with Crippen LogP contribution in [0.4, 0.5) is 0 Å².